The summed E-state index contributed by atoms with van der Waals surface area (Å²) in [6.07, 6.45) is 5.63. The Morgan fingerprint density at radius 3 is 2.52 bits per heavy atom. The molecular weight excluding hydrogens is 362 g/mol. The summed E-state index contributed by atoms with van der Waals surface area (Å²) in [6.45, 7) is 5.16. The van der Waals surface area contributed by atoms with Crippen LogP contribution >= 0.6 is 0 Å². The number of hydrogen-bond acceptors (Lipinski definition) is 5. The molecule has 1 aromatic carbocycles. The van der Waals surface area contributed by atoms with Crippen LogP contribution in [0.4, 0.5) is 0 Å². The smallest absolute Gasteiger partial charge is 0.240 e. The highest BCUT2D eigenvalue weighted by molar-refractivity contribution is 7.89. The normalized spacial score (nSPS) is 16.4. The molecule has 0 aliphatic carbocycles. The molecule has 1 aromatic heterocycles. The summed E-state index contributed by atoms with van der Waals surface area (Å²) in [4.78, 5) is 6.78. The van der Waals surface area contributed by atoms with Crippen LogP contribution in [-0.2, 0) is 16.6 Å². The van der Waals surface area contributed by atoms with Crippen molar-refractivity contribution in [1.82, 2.24) is 14.6 Å². The van der Waals surface area contributed by atoms with Gasteiger partial charge in [0.05, 0.1) is 12.0 Å². The maximum Gasteiger partial charge on any atom is 0.240 e. The summed E-state index contributed by atoms with van der Waals surface area (Å²) in [5.74, 6) is 1.03. The Hall–Kier alpha value is -1.96. The van der Waals surface area contributed by atoms with E-state index < -0.39 is 10.0 Å². The van der Waals surface area contributed by atoms with E-state index in [9.17, 15) is 8.42 Å². The number of likely N-dealkylation sites (tertiary alicyclic amines) is 1. The lowest BCUT2D eigenvalue weighted by atomic mass is 9.97. The first-order chi connectivity index (χ1) is 13.0. The largest absolute Gasteiger partial charge is 0.497 e. The number of aromatic nitrogens is 1. The van der Waals surface area contributed by atoms with Crippen molar-refractivity contribution < 1.29 is 13.2 Å². The highest BCUT2D eigenvalue weighted by Gasteiger charge is 2.23. The molecule has 1 aliphatic heterocycles. The predicted molar refractivity (Wildman–Crippen MR) is 105 cm³/mol. The van der Waals surface area contributed by atoms with Crippen LogP contribution in [0.5, 0.6) is 5.75 Å². The second kappa shape index (κ2) is 8.82. The first-order valence-electron chi connectivity index (χ1n) is 9.23. The molecule has 1 fully saturated rings. The number of aryl methyl sites for hydroxylation is 1. The number of nitrogens with zero attached hydrogens (tertiary/aromatic N) is 2. The minimum atomic E-state index is -3.50. The van der Waals surface area contributed by atoms with Gasteiger partial charge < -0.3 is 4.74 Å². The van der Waals surface area contributed by atoms with Gasteiger partial charge in [-0.15, -0.1) is 0 Å². The van der Waals surface area contributed by atoms with Gasteiger partial charge in [-0.3, -0.25) is 9.88 Å². The summed E-state index contributed by atoms with van der Waals surface area (Å²) in [5.41, 5.74) is 1.95. The minimum Gasteiger partial charge on any atom is -0.497 e. The lowest BCUT2D eigenvalue weighted by molar-refractivity contribution is 0.178. The monoisotopic (exact) mass is 389 g/mol. The van der Waals surface area contributed by atoms with Gasteiger partial charge in [-0.05, 0) is 80.2 Å². The van der Waals surface area contributed by atoms with E-state index in [2.05, 4.69) is 14.6 Å². The van der Waals surface area contributed by atoms with E-state index in [1.807, 2.05) is 24.5 Å². The van der Waals surface area contributed by atoms with Crippen molar-refractivity contribution in [2.24, 2.45) is 5.92 Å². The summed E-state index contributed by atoms with van der Waals surface area (Å²) in [5, 5.41) is 0. The van der Waals surface area contributed by atoms with E-state index in [4.69, 9.17) is 4.74 Å². The van der Waals surface area contributed by atoms with Crippen LogP contribution in [0.2, 0.25) is 0 Å². The second-order valence-electron chi connectivity index (χ2n) is 7.06. The zero-order chi connectivity index (χ0) is 19.3. The minimum absolute atomic E-state index is 0.318. The quantitative estimate of drug-likeness (QED) is 0.788. The Morgan fingerprint density at radius 2 is 1.89 bits per heavy atom. The molecule has 0 radical (unpaired) electrons. The van der Waals surface area contributed by atoms with Gasteiger partial charge in [0, 0.05) is 25.5 Å². The molecule has 0 atom stereocenters. The molecule has 0 spiro atoms. The number of methoxy groups -OCH3 is 1. The van der Waals surface area contributed by atoms with Crippen LogP contribution in [-0.4, -0.2) is 45.0 Å². The van der Waals surface area contributed by atoms with E-state index in [1.165, 1.54) is 5.56 Å². The van der Waals surface area contributed by atoms with Gasteiger partial charge in [0.15, 0.2) is 0 Å². The van der Waals surface area contributed by atoms with Crippen LogP contribution in [0.15, 0.2) is 47.6 Å². The van der Waals surface area contributed by atoms with Crippen molar-refractivity contribution in [3.05, 3.63) is 53.9 Å². The Kier molecular flexibility index (Phi) is 6.46. The van der Waals surface area contributed by atoms with Crippen LogP contribution < -0.4 is 9.46 Å². The third kappa shape index (κ3) is 5.28. The highest BCUT2D eigenvalue weighted by Crippen LogP contribution is 2.22. The van der Waals surface area contributed by atoms with Crippen LogP contribution in [0.3, 0.4) is 0 Å². The van der Waals surface area contributed by atoms with E-state index >= 15 is 0 Å². The van der Waals surface area contributed by atoms with E-state index in [1.54, 1.807) is 32.2 Å². The molecular formula is C20H27N3O3S. The van der Waals surface area contributed by atoms with Crippen molar-refractivity contribution in [3.8, 4) is 5.75 Å². The molecule has 1 aliphatic rings. The molecule has 0 amide bonds. The van der Waals surface area contributed by atoms with Gasteiger partial charge in [-0.25, -0.2) is 13.1 Å². The van der Waals surface area contributed by atoms with Gasteiger partial charge in [0.1, 0.15) is 5.75 Å². The summed E-state index contributed by atoms with van der Waals surface area (Å²) in [6, 6.07) is 9.11. The van der Waals surface area contributed by atoms with Gasteiger partial charge in [0.2, 0.25) is 10.0 Å². The van der Waals surface area contributed by atoms with Crippen molar-refractivity contribution in [2.45, 2.75) is 31.2 Å². The molecule has 27 heavy (non-hydrogen) atoms. The molecule has 146 valence electrons. The Labute approximate surface area is 161 Å². The highest BCUT2D eigenvalue weighted by atomic mass is 32.2. The maximum absolute atomic E-state index is 12.6. The first-order valence-corrected chi connectivity index (χ1v) is 10.7. The molecule has 1 saturated heterocycles. The second-order valence-corrected chi connectivity index (χ2v) is 8.79. The third-order valence-corrected chi connectivity index (χ3v) is 6.68. The van der Waals surface area contributed by atoms with Gasteiger partial charge >= 0.3 is 0 Å². The molecule has 1 N–H and O–H groups in total. The number of sulfonamides is 1. The molecule has 0 unspecified atom stereocenters. The molecule has 2 heterocycles. The summed E-state index contributed by atoms with van der Waals surface area (Å²) < 4.78 is 33.2. The summed E-state index contributed by atoms with van der Waals surface area (Å²) in [7, 11) is -1.93. The fourth-order valence-electron chi connectivity index (χ4n) is 3.45. The van der Waals surface area contributed by atoms with E-state index in [0.717, 1.165) is 32.5 Å². The standard InChI is InChI=1S/C20H27N3O3S/c1-16-13-19(26-2)3-4-20(16)27(24,25)22-14-17-7-11-23(12-8-17)15-18-5-9-21-10-6-18/h3-6,9-10,13,17,22H,7-8,11-12,14-15H2,1-2H3. The average Bonchev–Trinajstić information content (AvgIpc) is 2.68. The molecule has 6 nitrogen and oxygen atoms in total. The SMILES string of the molecule is COc1ccc(S(=O)(=O)NCC2CCN(Cc3ccncc3)CC2)c(C)c1. The van der Waals surface area contributed by atoms with E-state index in [0.29, 0.717) is 28.7 Å². The Bertz CT molecular complexity index is 848. The van der Waals surface area contributed by atoms with Gasteiger partial charge in [-0.1, -0.05) is 0 Å². The zero-order valence-electron chi connectivity index (χ0n) is 15.9. The molecule has 2 aromatic rings. The molecule has 0 saturated carbocycles. The number of ether oxygens (including phenoxy) is 1. The Morgan fingerprint density at radius 1 is 1.19 bits per heavy atom. The van der Waals surface area contributed by atoms with Crippen LogP contribution in [0.25, 0.3) is 0 Å². The lowest BCUT2D eigenvalue weighted by Crippen LogP contribution is -2.38. The van der Waals surface area contributed by atoms with Crippen LogP contribution in [0.1, 0.15) is 24.0 Å². The van der Waals surface area contributed by atoms with Gasteiger partial charge in [-0.2, -0.15) is 0 Å². The topological polar surface area (TPSA) is 71.5 Å². The predicted octanol–water partition coefficient (Wildman–Crippen LogP) is 2.59. The molecule has 0 bridgehead atoms. The van der Waals surface area contributed by atoms with Crippen molar-refractivity contribution in [1.29, 1.82) is 0 Å². The first kappa shape index (κ1) is 19.8. The average molecular weight is 390 g/mol. The van der Waals surface area contributed by atoms with Crippen LogP contribution in [0, 0.1) is 12.8 Å². The number of benzene rings is 1. The maximum atomic E-state index is 12.6. The van der Waals surface area contributed by atoms with Crippen molar-refractivity contribution in [2.75, 3.05) is 26.7 Å². The number of pyridine rings is 1. The fourth-order valence-corrected chi connectivity index (χ4v) is 4.79. The Balaban J connectivity index is 1.50. The zero-order valence-corrected chi connectivity index (χ0v) is 16.7. The molecule has 7 heteroatoms. The van der Waals surface area contributed by atoms with Crippen molar-refractivity contribution >= 4 is 10.0 Å². The number of rotatable bonds is 7. The number of hydrogen-bond donors (Lipinski definition) is 1. The number of piperidine rings is 1. The summed E-state index contributed by atoms with van der Waals surface area (Å²) >= 11 is 0. The van der Waals surface area contributed by atoms with Crippen molar-refractivity contribution in [3.63, 3.8) is 0 Å². The van der Waals surface area contributed by atoms with Gasteiger partial charge in [0.25, 0.3) is 0 Å². The lowest BCUT2D eigenvalue weighted by Gasteiger charge is -2.32. The number of nitrogens with one attached hydrogen (secondary N) is 1. The fraction of sp³-hybridized carbons (Fsp3) is 0.450. The van der Waals surface area contributed by atoms with E-state index in [-0.39, 0.29) is 0 Å². The molecule has 3 rings (SSSR count). The third-order valence-electron chi connectivity index (χ3n) is 5.10.